The Morgan fingerprint density at radius 1 is 0.679 bits per heavy atom. The summed E-state index contributed by atoms with van der Waals surface area (Å²) < 4.78 is 36.1. The van der Waals surface area contributed by atoms with Gasteiger partial charge in [0.25, 0.3) is 0 Å². The fourth-order valence-corrected chi connectivity index (χ4v) is 8.68. The number of thioether (sulfide) groups is 2. The minimum Gasteiger partial charge on any atom is -0.491 e. The quantitative estimate of drug-likeness (QED) is 0.214. The predicted molar refractivity (Wildman–Crippen MR) is 222 cm³/mol. The van der Waals surface area contributed by atoms with Crippen LogP contribution in [0.1, 0.15) is 45.1 Å². The van der Waals surface area contributed by atoms with E-state index in [9.17, 15) is 4.39 Å². The average Bonchev–Trinajstić information content (AvgIpc) is 3.24. The highest BCUT2D eigenvalue weighted by atomic mass is 32.2. The first kappa shape index (κ1) is 41.8. The number of nitrogens with one attached hydrogen (secondary N) is 3. The summed E-state index contributed by atoms with van der Waals surface area (Å²) in [5.41, 5.74) is 0.983. The molecule has 0 unspecified atom stereocenters. The maximum absolute atomic E-state index is 14.6. The fourth-order valence-electron chi connectivity index (χ4n) is 6.88. The van der Waals surface area contributed by atoms with E-state index in [1.54, 1.807) is 26.4 Å². The number of hydrogen-bond donors (Lipinski definition) is 3. The van der Waals surface area contributed by atoms with E-state index in [-0.39, 0.29) is 17.5 Å². The lowest BCUT2D eigenvalue weighted by molar-refractivity contribution is 0.210. The third kappa shape index (κ3) is 12.1. The van der Waals surface area contributed by atoms with E-state index in [0.717, 1.165) is 113 Å². The molecule has 4 saturated heterocycles. The summed E-state index contributed by atoms with van der Waals surface area (Å²) >= 11 is 3.92. The molecule has 6 heterocycles. The standard InChI is InChI=1S/C24H35FN6O3S.C13H22N6OS/c1-4-33-19-14-17(15-20(21(19)25)34-5-2)16-30-8-6-18(7-9-30)26-22-27-23(29-24(28-22)32-3)31-10-12-35-13-11-31;1-20-13-17-11(15-10-2-4-14-5-3-10)16-12(18-13)19-6-8-21-9-7-19/h14-15,18H,4-13,16H2,1-3H3,(H,26,27,28,29);10,14H,2-9H2,1H3,(H,15,16,17,18). The van der Waals surface area contributed by atoms with Gasteiger partial charge >= 0.3 is 12.0 Å². The SMILES string of the molecule is CCOc1cc(CN2CCC(Nc3nc(OC)nc(N4CCSCC4)n3)CC2)cc(OCC)c1F.COc1nc(NC2CCNCC2)nc(N2CCSCC2)n1. The number of benzene rings is 1. The molecule has 0 atom stereocenters. The van der Waals surface area contributed by atoms with Crippen LogP contribution in [0.2, 0.25) is 0 Å². The molecule has 0 spiro atoms. The fraction of sp³-hybridized carbons (Fsp3) is 0.676. The largest absolute Gasteiger partial charge is 0.491 e. The number of nitrogens with zero attached hydrogens (tertiary/aromatic N) is 9. The van der Waals surface area contributed by atoms with Crippen LogP contribution < -0.4 is 44.7 Å². The van der Waals surface area contributed by atoms with Gasteiger partial charge in [0, 0.05) is 80.9 Å². The first-order valence-electron chi connectivity index (χ1n) is 19.7. The second-order valence-electron chi connectivity index (χ2n) is 13.7. The first-order valence-corrected chi connectivity index (χ1v) is 22.0. The number of halogens is 1. The summed E-state index contributed by atoms with van der Waals surface area (Å²) in [4.78, 5) is 33.6. The molecule has 7 rings (SSSR count). The molecule has 0 amide bonds. The Kier molecular flexibility index (Phi) is 16.2. The van der Waals surface area contributed by atoms with Crippen LogP contribution in [-0.4, -0.2) is 150 Å². The number of aromatic nitrogens is 6. The highest BCUT2D eigenvalue weighted by Gasteiger charge is 2.24. The lowest BCUT2D eigenvalue weighted by Crippen LogP contribution is -2.39. The Morgan fingerprint density at radius 3 is 1.59 bits per heavy atom. The molecule has 3 N–H and O–H groups in total. The molecule has 16 nitrogen and oxygen atoms in total. The van der Waals surface area contributed by atoms with E-state index >= 15 is 0 Å². The maximum Gasteiger partial charge on any atom is 0.322 e. The Morgan fingerprint density at radius 2 is 1.14 bits per heavy atom. The number of piperidine rings is 2. The molecule has 19 heteroatoms. The van der Waals surface area contributed by atoms with E-state index in [1.165, 1.54) is 0 Å². The van der Waals surface area contributed by atoms with Crippen LogP contribution in [0.15, 0.2) is 12.1 Å². The van der Waals surface area contributed by atoms with Crippen LogP contribution in [0.4, 0.5) is 28.2 Å². The van der Waals surface area contributed by atoms with Crippen molar-refractivity contribution in [1.29, 1.82) is 0 Å². The van der Waals surface area contributed by atoms with Crippen LogP contribution in [0.3, 0.4) is 0 Å². The minimum absolute atomic E-state index is 0.247. The van der Waals surface area contributed by atoms with Crippen molar-refractivity contribution in [2.24, 2.45) is 0 Å². The van der Waals surface area contributed by atoms with Gasteiger partial charge in [-0.2, -0.15) is 57.8 Å². The van der Waals surface area contributed by atoms with Gasteiger partial charge in [-0.05, 0) is 70.3 Å². The molecule has 4 aliphatic rings. The summed E-state index contributed by atoms with van der Waals surface area (Å²) in [5, 5.41) is 10.3. The van der Waals surface area contributed by atoms with Crippen LogP contribution in [0.5, 0.6) is 23.5 Å². The second kappa shape index (κ2) is 21.6. The topological polar surface area (TPSA) is 160 Å². The molecule has 0 bridgehead atoms. The number of methoxy groups -OCH3 is 2. The number of hydrogen-bond acceptors (Lipinski definition) is 18. The highest BCUT2D eigenvalue weighted by molar-refractivity contribution is 7.99. The smallest absolute Gasteiger partial charge is 0.322 e. The minimum atomic E-state index is -0.434. The van der Waals surface area contributed by atoms with E-state index < -0.39 is 5.82 Å². The van der Waals surface area contributed by atoms with E-state index in [1.807, 2.05) is 37.4 Å². The molecular weight excluding hydrogens is 760 g/mol. The van der Waals surface area contributed by atoms with Crippen molar-refractivity contribution in [3.05, 3.63) is 23.5 Å². The summed E-state index contributed by atoms with van der Waals surface area (Å²) in [6.45, 7) is 12.9. The zero-order valence-corrected chi connectivity index (χ0v) is 34.7. The van der Waals surface area contributed by atoms with Crippen LogP contribution in [0.25, 0.3) is 0 Å². The van der Waals surface area contributed by atoms with E-state index in [2.05, 4.69) is 60.6 Å². The molecule has 0 radical (unpaired) electrons. The molecule has 3 aromatic rings. The van der Waals surface area contributed by atoms with Gasteiger partial charge in [-0.25, -0.2) is 0 Å². The normalized spacial score (nSPS) is 18.4. The van der Waals surface area contributed by atoms with Gasteiger partial charge in [0.1, 0.15) is 0 Å². The third-order valence-electron chi connectivity index (χ3n) is 9.82. The van der Waals surface area contributed by atoms with E-state index in [0.29, 0.717) is 55.7 Å². The summed E-state index contributed by atoms with van der Waals surface area (Å²) in [7, 11) is 3.18. The summed E-state index contributed by atoms with van der Waals surface area (Å²) in [5.74, 6) is 7.01. The van der Waals surface area contributed by atoms with Gasteiger partial charge in [0.05, 0.1) is 27.4 Å². The van der Waals surface area contributed by atoms with Gasteiger partial charge in [-0.3, -0.25) is 4.90 Å². The zero-order chi connectivity index (χ0) is 39.1. The third-order valence-corrected chi connectivity index (χ3v) is 11.7. The lowest BCUT2D eigenvalue weighted by Gasteiger charge is -2.32. The summed E-state index contributed by atoms with van der Waals surface area (Å²) in [6.07, 6.45) is 4.07. The molecule has 4 aliphatic heterocycles. The number of rotatable bonds is 14. The molecular formula is C37H57FN12O4S2. The molecule has 56 heavy (non-hydrogen) atoms. The molecule has 1 aromatic carbocycles. The van der Waals surface area contributed by atoms with Crippen molar-refractivity contribution in [3.8, 4) is 23.5 Å². The number of likely N-dealkylation sites (tertiary alicyclic amines) is 1. The Labute approximate surface area is 338 Å². The van der Waals surface area contributed by atoms with Crippen molar-refractivity contribution in [3.63, 3.8) is 0 Å². The molecule has 0 aliphatic carbocycles. The Hall–Kier alpha value is -3.81. The molecule has 4 fully saturated rings. The van der Waals surface area contributed by atoms with Crippen LogP contribution >= 0.6 is 23.5 Å². The van der Waals surface area contributed by atoms with Crippen molar-refractivity contribution in [1.82, 2.24) is 40.1 Å². The zero-order valence-electron chi connectivity index (χ0n) is 33.1. The molecule has 308 valence electrons. The monoisotopic (exact) mass is 816 g/mol. The van der Waals surface area contributed by atoms with Crippen LogP contribution in [0, 0.1) is 5.82 Å². The molecule has 2 aromatic heterocycles. The first-order chi connectivity index (χ1) is 27.4. The Bertz CT molecular complexity index is 1630. The molecule has 0 saturated carbocycles. The van der Waals surface area contributed by atoms with Gasteiger partial charge in [-0.1, -0.05) is 0 Å². The lowest BCUT2D eigenvalue weighted by atomic mass is 10.0. The van der Waals surface area contributed by atoms with Gasteiger partial charge < -0.3 is 44.7 Å². The van der Waals surface area contributed by atoms with Gasteiger partial charge in [0.2, 0.25) is 29.6 Å². The maximum atomic E-state index is 14.6. The number of anilines is 4. The highest BCUT2D eigenvalue weighted by Crippen LogP contribution is 2.31. The van der Waals surface area contributed by atoms with Crippen LogP contribution in [-0.2, 0) is 6.54 Å². The second-order valence-corrected chi connectivity index (χ2v) is 16.2. The van der Waals surface area contributed by atoms with Crippen molar-refractivity contribution < 1.29 is 23.3 Å². The Balaban J connectivity index is 0.000000215. The van der Waals surface area contributed by atoms with Crippen molar-refractivity contribution in [2.75, 3.05) is 123 Å². The van der Waals surface area contributed by atoms with Crippen molar-refractivity contribution in [2.45, 2.75) is 58.2 Å². The van der Waals surface area contributed by atoms with E-state index in [4.69, 9.17) is 18.9 Å². The van der Waals surface area contributed by atoms with Crippen molar-refractivity contribution >= 4 is 47.3 Å². The van der Waals surface area contributed by atoms with Gasteiger partial charge in [0.15, 0.2) is 11.5 Å². The average molecular weight is 817 g/mol. The van der Waals surface area contributed by atoms with Gasteiger partial charge in [-0.15, -0.1) is 0 Å². The number of ether oxygens (including phenoxy) is 4. The predicted octanol–water partition coefficient (Wildman–Crippen LogP) is 4.04. The summed E-state index contributed by atoms with van der Waals surface area (Å²) in [6, 6.07) is 4.96.